The first kappa shape index (κ1) is 24.1. The molecule has 0 saturated carbocycles. The molecule has 1 aliphatic heterocycles. The third-order valence-electron chi connectivity index (χ3n) is 5.32. The Balaban J connectivity index is 0.00000289. The molecule has 3 aromatic rings. The molecule has 0 aliphatic carbocycles. The van der Waals surface area contributed by atoms with Crippen LogP contribution in [0, 0.1) is 0 Å². The van der Waals surface area contributed by atoms with E-state index in [1.807, 2.05) is 25.1 Å². The van der Waals surface area contributed by atoms with Crippen LogP contribution in [0.4, 0.5) is 5.00 Å². The number of methoxy groups -OCH3 is 1. The van der Waals surface area contributed by atoms with E-state index in [2.05, 4.69) is 17.1 Å². The molecule has 4 rings (SSSR count). The van der Waals surface area contributed by atoms with E-state index in [1.165, 1.54) is 18.4 Å². The zero-order valence-electron chi connectivity index (χ0n) is 18.4. The highest BCUT2D eigenvalue weighted by Crippen LogP contribution is 2.38. The van der Waals surface area contributed by atoms with Crippen molar-refractivity contribution >= 4 is 51.6 Å². The number of furan rings is 1. The second kappa shape index (κ2) is 10.4. The van der Waals surface area contributed by atoms with Gasteiger partial charge in [-0.05, 0) is 44.0 Å². The largest absolute Gasteiger partial charge is 0.490 e. The van der Waals surface area contributed by atoms with Gasteiger partial charge in [-0.15, -0.1) is 23.7 Å². The van der Waals surface area contributed by atoms with Gasteiger partial charge in [0.25, 0.3) is 5.91 Å². The van der Waals surface area contributed by atoms with Gasteiger partial charge in [0.15, 0.2) is 17.1 Å². The number of ether oxygens (including phenoxy) is 2. The van der Waals surface area contributed by atoms with Crippen LogP contribution in [0.5, 0.6) is 5.75 Å². The van der Waals surface area contributed by atoms with Crippen LogP contribution in [0.1, 0.15) is 51.6 Å². The van der Waals surface area contributed by atoms with E-state index in [9.17, 15) is 9.59 Å². The van der Waals surface area contributed by atoms with Crippen LogP contribution in [0.25, 0.3) is 11.0 Å². The standard InChI is InChI=1S/C23H26N2O5S.ClH/c1-4-10-25-11-9-15-18(13-25)31-22(19(15)23(27)28-3)24-21(26)17-12-14-7-6-8-16(29-5-2)20(14)30-17;/h6-8,12H,4-5,9-11,13H2,1-3H3,(H,24,26);1H. The van der Waals surface area contributed by atoms with E-state index in [0.29, 0.717) is 28.5 Å². The molecule has 0 bridgehead atoms. The molecule has 1 N–H and O–H groups in total. The summed E-state index contributed by atoms with van der Waals surface area (Å²) in [6, 6.07) is 7.21. The number of nitrogens with zero attached hydrogens (tertiary/aromatic N) is 1. The maximum atomic E-state index is 13.0. The van der Waals surface area contributed by atoms with Crippen LogP contribution in [-0.4, -0.2) is 43.6 Å². The maximum absolute atomic E-state index is 13.0. The first-order valence-electron chi connectivity index (χ1n) is 10.5. The van der Waals surface area contributed by atoms with Gasteiger partial charge in [0.05, 0.1) is 19.3 Å². The highest BCUT2D eigenvalue weighted by molar-refractivity contribution is 7.17. The molecule has 9 heteroatoms. The lowest BCUT2D eigenvalue weighted by molar-refractivity contribution is 0.0600. The van der Waals surface area contributed by atoms with Crippen LogP contribution in [0.15, 0.2) is 28.7 Å². The van der Waals surface area contributed by atoms with E-state index in [-0.39, 0.29) is 18.2 Å². The topological polar surface area (TPSA) is 81.0 Å². The number of thiophene rings is 1. The van der Waals surface area contributed by atoms with Gasteiger partial charge < -0.3 is 19.2 Å². The lowest BCUT2D eigenvalue weighted by Crippen LogP contribution is -2.30. The summed E-state index contributed by atoms with van der Waals surface area (Å²) in [4.78, 5) is 29.0. The van der Waals surface area contributed by atoms with Gasteiger partial charge in [-0.3, -0.25) is 9.69 Å². The minimum absolute atomic E-state index is 0. The fourth-order valence-electron chi connectivity index (χ4n) is 3.95. The number of amides is 1. The molecule has 32 heavy (non-hydrogen) atoms. The number of rotatable bonds is 7. The first-order chi connectivity index (χ1) is 15.0. The molecule has 1 aromatic carbocycles. The van der Waals surface area contributed by atoms with Crippen molar-refractivity contribution in [3.63, 3.8) is 0 Å². The Morgan fingerprint density at radius 2 is 2.09 bits per heavy atom. The highest BCUT2D eigenvalue weighted by Gasteiger charge is 2.29. The minimum atomic E-state index is -0.431. The van der Waals surface area contributed by atoms with E-state index in [0.717, 1.165) is 48.3 Å². The Morgan fingerprint density at radius 1 is 1.28 bits per heavy atom. The monoisotopic (exact) mass is 478 g/mol. The number of halogens is 1. The van der Waals surface area contributed by atoms with E-state index in [1.54, 1.807) is 6.07 Å². The molecule has 2 aromatic heterocycles. The Hall–Kier alpha value is -2.55. The van der Waals surface area contributed by atoms with Gasteiger partial charge in [-0.25, -0.2) is 4.79 Å². The number of hydrogen-bond acceptors (Lipinski definition) is 7. The predicted molar refractivity (Wildman–Crippen MR) is 128 cm³/mol. The minimum Gasteiger partial charge on any atom is -0.490 e. The third-order valence-corrected chi connectivity index (χ3v) is 6.46. The number of nitrogens with one attached hydrogen (secondary N) is 1. The number of anilines is 1. The summed E-state index contributed by atoms with van der Waals surface area (Å²) in [5, 5.41) is 4.17. The van der Waals surface area contributed by atoms with E-state index >= 15 is 0 Å². The van der Waals surface area contributed by atoms with Crippen molar-refractivity contribution in [1.82, 2.24) is 4.90 Å². The summed E-state index contributed by atoms with van der Waals surface area (Å²) in [7, 11) is 1.36. The first-order valence-corrected chi connectivity index (χ1v) is 11.3. The predicted octanol–water partition coefficient (Wildman–Crippen LogP) is 5.12. The maximum Gasteiger partial charge on any atom is 0.341 e. The second-order valence-electron chi connectivity index (χ2n) is 7.40. The third kappa shape index (κ3) is 4.62. The molecule has 172 valence electrons. The van der Waals surface area contributed by atoms with Crippen LogP contribution in [-0.2, 0) is 17.7 Å². The molecule has 0 spiro atoms. The SMILES string of the molecule is CCCN1CCc2c(sc(NC(=O)c3cc4cccc(OCC)c4o3)c2C(=O)OC)C1.Cl. The number of carbonyl (C=O) groups excluding carboxylic acids is 2. The zero-order valence-corrected chi connectivity index (χ0v) is 20.0. The summed E-state index contributed by atoms with van der Waals surface area (Å²) in [6.45, 7) is 7.21. The van der Waals surface area contributed by atoms with E-state index < -0.39 is 11.9 Å². The number of esters is 1. The van der Waals surface area contributed by atoms with Crippen molar-refractivity contribution in [3.8, 4) is 5.75 Å². The van der Waals surface area contributed by atoms with Gasteiger partial charge in [-0.2, -0.15) is 0 Å². The second-order valence-corrected chi connectivity index (χ2v) is 8.50. The Morgan fingerprint density at radius 3 is 2.81 bits per heavy atom. The molecule has 0 atom stereocenters. The molecular weight excluding hydrogens is 452 g/mol. The molecule has 3 heterocycles. The zero-order chi connectivity index (χ0) is 22.0. The number of carbonyl (C=O) groups is 2. The number of hydrogen-bond donors (Lipinski definition) is 1. The summed E-state index contributed by atoms with van der Waals surface area (Å²) in [5.74, 6) is -0.0818. The normalized spacial score (nSPS) is 13.3. The van der Waals surface area contributed by atoms with Gasteiger partial charge in [0, 0.05) is 23.4 Å². The lowest BCUT2D eigenvalue weighted by Gasteiger charge is -2.26. The highest BCUT2D eigenvalue weighted by atomic mass is 35.5. The summed E-state index contributed by atoms with van der Waals surface area (Å²) in [6.07, 6.45) is 1.83. The quantitative estimate of drug-likeness (QED) is 0.474. The fourth-order valence-corrected chi connectivity index (χ4v) is 5.22. The van der Waals surface area contributed by atoms with Crippen molar-refractivity contribution < 1.29 is 23.5 Å². The number of para-hydroxylation sites is 1. The van der Waals surface area contributed by atoms with Crippen LogP contribution in [0.2, 0.25) is 0 Å². The van der Waals surface area contributed by atoms with Crippen LogP contribution < -0.4 is 10.1 Å². The van der Waals surface area contributed by atoms with E-state index in [4.69, 9.17) is 13.9 Å². The molecule has 1 amide bonds. The van der Waals surface area contributed by atoms with Crippen molar-refractivity contribution in [2.24, 2.45) is 0 Å². The molecule has 0 radical (unpaired) electrons. The van der Waals surface area contributed by atoms with Crippen molar-refractivity contribution in [1.29, 1.82) is 0 Å². The Labute approximate surface area is 197 Å². The molecule has 0 unspecified atom stereocenters. The van der Waals surface area contributed by atoms with Crippen LogP contribution in [0.3, 0.4) is 0 Å². The summed E-state index contributed by atoms with van der Waals surface area (Å²) >= 11 is 1.44. The smallest absolute Gasteiger partial charge is 0.341 e. The summed E-state index contributed by atoms with van der Waals surface area (Å²) < 4.78 is 16.4. The Bertz CT molecular complexity index is 1120. The molecule has 7 nitrogen and oxygen atoms in total. The summed E-state index contributed by atoms with van der Waals surface area (Å²) in [5.41, 5.74) is 1.96. The molecule has 0 saturated heterocycles. The van der Waals surface area contributed by atoms with Gasteiger partial charge in [0.2, 0.25) is 0 Å². The van der Waals surface area contributed by atoms with Gasteiger partial charge in [-0.1, -0.05) is 19.1 Å². The number of benzene rings is 1. The average Bonchev–Trinajstić information content (AvgIpc) is 3.35. The number of fused-ring (bicyclic) bond motifs is 2. The van der Waals surface area contributed by atoms with Crippen molar-refractivity contribution in [2.45, 2.75) is 33.2 Å². The van der Waals surface area contributed by atoms with Crippen LogP contribution >= 0.6 is 23.7 Å². The molecule has 1 aliphatic rings. The van der Waals surface area contributed by atoms with Gasteiger partial charge >= 0.3 is 5.97 Å². The molecule has 0 fully saturated rings. The fraction of sp³-hybridized carbons (Fsp3) is 0.391. The average molecular weight is 479 g/mol. The van der Waals surface area contributed by atoms with Gasteiger partial charge in [0.1, 0.15) is 5.00 Å². The Kier molecular flexibility index (Phi) is 7.82. The van der Waals surface area contributed by atoms with Crippen molar-refractivity contribution in [2.75, 3.05) is 32.1 Å². The molecular formula is C23H27ClN2O5S. The van der Waals surface area contributed by atoms with Crippen molar-refractivity contribution in [3.05, 3.63) is 46.0 Å². The lowest BCUT2D eigenvalue weighted by atomic mass is 10.0.